The van der Waals surface area contributed by atoms with Gasteiger partial charge in [-0.3, -0.25) is 19.2 Å². The predicted octanol–water partition coefficient (Wildman–Crippen LogP) is 5.33. The number of likely N-dealkylation sites (tertiary alicyclic amines) is 1. The van der Waals surface area contributed by atoms with Crippen LogP contribution in [0.25, 0.3) is 0 Å². The van der Waals surface area contributed by atoms with Gasteiger partial charge in [0.1, 0.15) is 18.2 Å². The molecule has 3 fully saturated rings. The molecule has 0 saturated carbocycles. The van der Waals surface area contributed by atoms with Crippen molar-refractivity contribution in [2.45, 2.75) is 81.0 Å². The number of carbonyl (C=O) groups is 4. The highest BCUT2D eigenvalue weighted by Crippen LogP contribution is 2.60. The Morgan fingerprint density at radius 2 is 1.75 bits per heavy atom. The number of fused-ring (bicyclic) bond motifs is 1. The topological polar surface area (TPSA) is 129 Å². The molecule has 11 nitrogen and oxygen atoms in total. The summed E-state index contributed by atoms with van der Waals surface area (Å²) in [5.41, 5.74) is 1.20. The molecule has 3 saturated heterocycles. The highest BCUT2D eigenvalue weighted by Gasteiger charge is 2.76. The first kappa shape index (κ1) is 40.2. The summed E-state index contributed by atoms with van der Waals surface area (Å²) in [6.07, 6.45) is 5.48. The first-order valence-corrected chi connectivity index (χ1v) is 19.7. The van der Waals surface area contributed by atoms with Gasteiger partial charge in [0.15, 0.2) is 0 Å². The standard InChI is InChI=1S/C41H53BrN4O7/c1-5-9-18-33(48)52-27-32(28-16-12-10-13-17-28)43-38(49)34-35-39(50)46(24-14-11-15-25-47)37(41(35)26-31(42)36(34)53-41)40(51)45(23-6-2)30-21-19-29(20-22-30)44(7-3)8-4/h5-6,10,12-13,16-17,19-22,31-32,34-37,47H,1-2,7-9,11,14-15,18,23-27H2,3-4H3,(H,43,49)/t31?,32-,34+,35-,36+,37+,41-/m1/s1. The summed E-state index contributed by atoms with van der Waals surface area (Å²) < 4.78 is 12.4. The maximum atomic E-state index is 15.0. The summed E-state index contributed by atoms with van der Waals surface area (Å²) in [7, 11) is 0. The van der Waals surface area contributed by atoms with E-state index in [1.807, 2.05) is 54.6 Å². The van der Waals surface area contributed by atoms with Crippen molar-refractivity contribution in [1.29, 1.82) is 0 Å². The SMILES string of the molecule is C=CCCC(=O)OC[C@@H](NC(=O)[C@@H]1[C@H]2O[C@@]3(CC2Br)[C@H](C(=O)N(CC=C)c2ccc(N(CC)CC)cc2)N(CCCCCO)C(=O)[C@@H]13)c1ccccc1. The number of carbonyl (C=O) groups excluding carboxylic acids is 4. The van der Waals surface area contributed by atoms with Crippen molar-refractivity contribution in [3.05, 3.63) is 85.5 Å². The Morgan fingerprint density at radius 1 is 1.06 bits per heavy atom. The smallest absolute Gasteiger partial charge is 0.306 e. The van der Waals surface area contributed by atoms with Gasteiger partial charge in [-0.1, -0.05) is 58.4 Å². The molecule has 2 bridgehead atoms. The fourth-order valence-corrected chi connectivity index (χ4v) is 9.14. The van der Waals surface area contributed by atoms with E-state index in [4.69, 9.17) is 9.47 Å². The Kier molecular flexibility index (Phi) is 13.9. The molecule has 2 aromatic rings. The summed E-state index contributed by atoms with van der Waals surface area (Å²) in [6.45, 7) is 13.9. The minimum atomic E-state index is -1.26. The Hall–Kier alpha value is -4.00. The van der Waals surface area contributed by atoms with Crippen LogP contribution in [0.1, 0.15) is 64.0 Å². The van der Waals surface area contributed by atoms with Crippen LogP contribution in [0.2, 0.25) is 0 Å². The molecule has 7 atom stereocenters. The minimum absolute atomic E-state index is 0.0317. The molecule has 5 rings (SSSR count). The number of halogens is 1. The molecule has 3 heterocycles. The number of aliphatic hydroxyl groups is 1. The number of hydrogen-bond donors (Lipinski definition) is 2. The van der Waals surface area contributed by atoms with Crippen LogP contribution in [0, 0.1) is 11.8 Å². The third kappa shape index (κ3) is 8.39. The van der Waals surface area contributed by atoms with Crippen molar-refractivity contribution in [3.8, 4) is 0 Å². The number of ether oxygens (including phenoxy) is 2. The molecular weight excluding hydrogens is 740 g/mol. The summed E-state index contributed by atoms with van der Waals surface area (Å²) in [5, 5.41) is 12.5. The number of esters is 1. The van der Waals surface area contributed by atoms with Gasteiger partial charge in [0, 0.05) is 55.4 Å². The van der Waals surface area contributed by atoms with Crippen LogP contribution in [0.15, 0.2) is 79.9 Å². The maximum Gasteiger partial charge on any atom is 0.306 e. The summed E-state index contributed by atoms with van der Waals surface area (Å²) in [5.74, 6) is -3.21. The lowest BCUT2D eigenvalue weighted by molar-refractivity contribution is -0.145. The van der Waals surface area contributed by atoms with Crippen molar-refractivity contribution >= 4 is 51.0 Å². The molecule has 0 aromatic heterocycles. The van der Waals surface area contributed by atoms with Crippen LogP contribution in [0.5, 0.6) is 0 Å². The average molecular weight is 794 g/mol. The van der Waals surface area contributed by atoms with Gasteiger partial charge >= 0.3 is 5.97 Å². The lowest BCUT2D eigenvalue weighted by Gasteiger charge is -2.37. The van der Waals surface area contributed by atoms with Gasteiger partial charge in [-0.25, -0.2) is 0 Å². The highest BCUT2D eigenvalue weighted by molar-refractivity contribution is 9.09. The quantitative estimate of drug-likeness (QED) is 0.0798. The molecule has 2 N–H and O–H groups in total. The van der Waals surface area contributed by atoms with Crippen molar-refractivity contribution in [1.82, 2.24) is 10.2 Å². The molecule has 0 aliphatic carbocycles. The highest BCUT2D eigenvalue weighted by atomic mass is 79.9. The Balaban J connectivity index is 1.47. The van der Waals surface area contributed by atoms with E-state index in [-0.39, 0.29) is 49.4 Å². The van der Waals surface area contributed by atoms with E-state index in [9.17, 15) is 24.3 Å². The second kappa shape index (κ2) is 18.4. The van der Waals surface area contributed by atoms with E-state index in [1.54, 1.807) is 22.0 Å². The Labute approximate surface area is 321 Å². The lowest BCUT2D eigenvalue weighted by Crippen LogP contribution is -2.57. The van der Waals surface area contributed by atoms with Crippen LogP contribution in [-0.2, 0) is 28.7 Å². The molecule has 3 aliphatic rings. The average Bonchev–Trinajstić information content (AvgIpc) is 3.77. The van der Waals surface area contributed by atoms with E-state index in [2.05, 4.69) is 53.2 Å². The number of alkyl halides is 1. The van der Waals surface area contributed by atoms with Crippen LogP contribution < -0.4 is 15.1 Å². The van der Waals surface area contributed by atoms with Crippen LogP contribution in [0.4, 0.5) is 11.4 Å². The number of allylic oxidation sites excluding steroid dienone is 1. The molecule has 3 aliphatic heterocycles. The lowest BCUT2D eigenvalue weighted by atomic mass is 9.70. The van der Waals surface area contributed by atoms with Crippen LogP contribution in [-0.4, -0.2) is 95.7 Å². The van der Waals surface area contributed by atoms with Gasteiger partial charge < -0.3 is 34.6 Å². The minimum Gasteiger partial charge on any atom is -0.463 e. The van der Waals surface area contributed by atoms with Crippen LogP contribution in [0.3, 0.4) is 0 Å². The maximum absolute atomic E-state index is 15.0. The zero-order valence-corrected chi connectivity index (χ0v) is 32.4. The summed E-state index contributed by atoms with van der Waals surface area (Å²) in [6, 6.07) is 15.4. The van der Waals surface area contributed by atoms with E-state index in [0.29, 0.717) is 37.8 Å². The van der Waals surface area contributed by atoms with E-state index in [0.717, 1.165) is 24.3 Å². The van der Waals surface area contributed by atoms with E-state index < -0.39 is 47.5 Å². The number of anilines is 2. The largest absolute Gasteiger partial charge is 0.463 e. The summed E-state index contributed by atoms with van der Waals surface area (Å²) >= 11 is 3.77. The van der Waals surface area contributed by atoms with Gasteiger partial charge in [-0.2, -0.15) is 0 Å². The second-order valence-corrected chi connectivity index (χ2v) is 15.1. The van der Waals surface area contributed by atoms with Crippen molar-refractivity contribution in [2.24, 2.45) is 11.8 Å². The Bertz CT molecular complexity index is 1600. The Morgan fingerprint density at radius 3 is 2.40 bits per heavy atom. The zero-order chi connectivity index (χ0) is 38.1. The number of nitrogens with one attached hydrogen (secondary N) is 1. The molecule has 286 valence electrons. The predicted molar refractivity (Wildman–Crippen MR) is 209 cm³/mol. The number of unbranched alkanes of at least 4 members (excludes halogenated alkanes) is 2. The van der Waals surface area contributed by atoms with Gasteiger partial charge in [0.05, 0.1) is 24.0 Å². The third-order valence-corrected chi connectivity index (χ3v) is 11.6. The first-order valence-electron chi connectivity index (χ1n) is 18.8. The van der Waals surface area contributed by atoms with E-state index >= 15 is 0 Å². The number of aliphatic hydroxyl groups excluding tert-OH is 1. The zero-order valence-electron chi connectivity index (χ0n) is 30.8. The molecule has 1 spiro atoms. The number of nitrogens with zero attached hydrogens (tertiary/aromatic N) is 3. The molecule has 12 heteroatoms. The van der Waals surface area contributed by atoms with Gasteiger partial charge in [0.25, 0.3) is 5.91 Å². The number of rotatable bonds is 20. The van der Waals surface area contributed by atoms with Gasteiger partial charge in [-0.05, 0) is 75.8 Å². The number of benzene rings is 2. The monoisotopic (exact) mass is 792 g/mol. The fraction of sp³-hybridized carbons (Fsp3) is 0.512. The molecule has 0 radical (unpaired) electrons. The van der Waals surface area contributed by atoms with E-state index in [1.165, 1.54) is 0 Å². The molecular formula is C41H53BrN4O7. The van der Waals surface area contributed by atoms with Crippen LogP contribution >= 0.6 is 15.9 Å². The summed E-state index contributed by atoms with van der Waals surface area (Å²) in [4.78, 5) is 61.8. The molecule has 3 amide bonds. The van der Waals surface area contributed by atoms with Gasteiger partial charge in [0.2, 0.25) is 11.8 Å². The second-order valence-electron chi connectivity index (χ2n) is 13.9. The molecule has 2 aromatic carbocycles. The number of hydrogen-bond acceptors (Lipinski definition) is 8. The molecule has 53 heavy (non-hydrogen) atoms. The molecule has 1 unspecified atom stereocenters. The van der Waals surface area contributed by atoms with Crippen molar-refractivity contribution in [3.63, 3.8) is 0 Å². The first-order chi connectivity index (χ1) is 25.6. The van der Waals surface area contributed by atoms with Crippen molar-refractivity contribution < 1.29 is 33.8 Å². The fourth-order valence-electron chi connectivity index (χ4n) is 8.19. The normalized spacial score (nSPS) is 24.7. The number of amides is 3. The van der Waals surface area contributed by atoms with Gasteiger partial charge in [-0.15, -0.1) is 13.2 Å². The van der Waals surface area contributed by atoms with Crippen molar-refractivity contribution in [2.75, 3.05) is 49.2 Å². The third-order valence-electron chi connectivity index (χ3n) is 10.7.